The molecule has 2 rings (SSSR count). The number of sulfonamides is 1. The highest BCUT2D eigenvalue weighted by molar-refractivity contribution is 7.89. The van der Waals surface area contributed by atoms with Crippen LogP contribution in [-0.4, -0.2) is 51.4 Å². The SMILES string of the molecule is CN(C)CC#C[C@H]1CC[C@H](N(C)S(=O)(=O)c2ccc(C(F)(F)F)cc2)CC1. The maximum Gasteiger partial charge on any atom is 0.416 e. The molecular formula is C19H25F3N2O2S. The zero-order chi connectivity index (χ0) is 20.2. The number of nitrogens with zero attached hydrogens (tertiary/aromatic N) is 2. The molecule has 1 aliphatic carbocycles. The normalized spacial score (nSPS) is 21.2. The van der Waals surface area contributed by atoms with Gasteiger partial charge in [-0.25, -0.2) is 8.42 Å². The van der Waals surface area contributed by atoms with Crippen LogP contribution in [0, 0.1) is 17.8 Å². The molecule has 1 aliphatic rings. The number of hydrogen-bond acceptors (Lipinski definition) is 3. The van der Waals surface area contributed by atoms with Gasteiger partial charge in [0.05, 0.1) is 17.0 Å². The van der Waals surface area contributed by atoms with Crippen LogP contribution in [-0.2, 0) is 16.2 Å². The molecule has 1 saturated carbocycles. The molecule has 0 amide bonds. The predicted octanol–water partition coefficient (Wildman–Crippen LogP) is 3.45. The predicted molar refractivity (Wildman–Crippen MR) is 98.5 cm³/mol. The van der Waals surface area contributed by atoms with Gasteiger partial charge < -0.3 is 0 Å². The monoisotopic (exact) mass is 402 g/mol. The first-order chi connectivity index (χ1) is 12.5. The molecule has 0 N–H and O–H groups in total. The second-order valence-electron chi connectivity index (χ2n) is 7.11. The first-order valence-electron chi connectivity index (χ1n) is 8.80. The van der Waals surface area contributed by atoms with Gasteiger partial charge in [-0.3, -0.25) is 4.90 Å². The molecule has 0 radical (unpaired) electrons. The third-order valence-electron chi connectivity index (χ3n) is 4.77. The molecule has 0 heterocycles. The third kappa shape index (κ3) is 5.71. The van der Waals surface area contributed by atoms with E-state index in [0.29, 0.717) is 19.4 Å². The van der Waals surface area contributed by atoms with Crippen molar-refractivity contribution >= 4 is 10.0 Å². The highest BCUT2D eigenvalue weighted by atomic mass is 32.2. The van der Waals surface area contributed by atoms with E-state index in [4.69, 9.17) is 0 Å². The van der Waals surface area contributed by atoms with Crippen LogP contribution in [0.15, 0.2) is 29.2 Å². The fourth-order valence-electron chi connectivity index (χ4n) is 3.11. The van der Waals surface area contributed by atoms with E-state index in [1.54, 1.807) is 0 Å². The highest BCUT2D eigenvalue weighted by Gasteiger charge is 2.33. The summed E-state index contributed by atoms with van der Waals surface area (Å²) in [6, 6.07) is 3.49. The van der Waals surface area contributed by atoms with E-state index >= 15 is 0 Å². The number of alkyl halides is 3. The maximum absolute atomic E-state index is 12.7. The Morgan fingerprint density at radius 3 is 2.07 bits per heavy atom. The van der Waals surface area contributed by atoms with Crippen LogP contribution in [0.4, 0.5) is 13.2 Å². The van der Waals surface area contributed by atoms with Crippen molar-refractivity contribution in [3.8, 4) is 11.8 Å². The average molecular weight is 402 g/mol. The van der Waals surface area contributed by atoms with Crippen molar-refractivity contribution in [1.82, 2.24) is 9.21 Å². The number of hydrogen-bond donors (Lipinski definition) is 0. The summed E-state index contributed by atoms with van der Waals surface area (Å²) in [5.74, 6) is 6.63. The summed E-state index contributed by atoms with van der Waals surface area (Å²) in [7, 11) is 1.57. The smallest absolute Gasteiger partial charge is 0.299 e. The van der Waals surface area contributed by atoms with Gasteiger partial charge in [-0.15, -0.1) is 0 Å². The van der Waals surface area contributed by atoms with E-state index in [2.05, 4.69) is 11.8 Å². The Labute approximate surface area is 159 Å². The highest BCUT2D eigenvalue weighted by Crippen LogP contribution is 2.32. The van der Waals surface area contributed by atoms with Crippen LogP contribution in [0.5, 0.6) is 0 Å². The van der Waals surface area contributed by atoms with Gasteiger partial charge in [0.2, 0.25) is 10.0 Å². The van der Waals surface area contributed by atoms with E-state index in [1.165, 1.54) is 11.4 Å². The van der Waals surface area contributed by atoms with Crippen LogP contribution in [0.2, 0.25) is 0 Å². The lowest BCUT2D eigenvalue weighted by molar-refractivity contribution is -0.137. The Morgan fingerprint density at radius 2 is 1.59 bits per heavy atom. The van der Waals surface area contributed by atoms with E-state index in [-0.39, 0.29) is 16.9 Å². The van der Waals surface area contributed by atoms with Crippen LogP contribution < -0.4 is 0 Å². The summed E-state index contributed by atoms with van der Waals surface area (Å²) in [5.41, 5.74) is -0.860. The molecule has 0 aliphatic heterocycles. The Bertz CT molecular complexity index is 785. The molecule has 8 heteroatoms. The van der Waals surface area contributed by atoms with Crippen LogP contribution in [0.3, 0.4) is 0 Å². The van der Waals surface area contributed by atoms with Gasteiger partial charge in [0.15, 0.2) is 0 Å². The first kappa shape index (κ1) is 21.7. The molecule has 4 nitrogen and oxygen atoms in total. The standard InChI is InChI=1S/C19H25F3N2O2S/c1-23(2)14-4-5-15-6-10-17(11-7-15)24(3)27(25,26)18-12-8-16(9-13-18)19(20,21)22/h8-9,12-13,15,17H,6-7,10-11,14H2,1-3H3/t15-,17-. The van der Waals surface area contributed by atoms with E-state index < -0.39 is 21.8 Å². The molecule has 1 fully saturated rings. The second-order valence-corrected chi connectivity index (χ2v) is 9.11. The lowest BCUT2D eigenvalue weighted by atomic mass is 9.86. The number of halogens is 3. The Morgan fingerprint density at radius 1 is 1.04 bits per heavy atom. The van der Waals surface area contributed by atoms with Gasteiger partial charge in [-0.05, 0) is 64.0 Å². The molecule has 0 spiro atoms. The molecule has 0 atom stereocenters. The van der Waals surface area contributed by atoms with Gasteiger partial charge in [0, 0.05) is 19.0 Å². The Hall–Kier alpha value is -1.56. The molecule has 0 bridgehead atoms. The molecule has 27 heavy (non-hydrogen) atoms. The zero-order valence-electron chi connectivity index (χ0n) is 15.8. The maximum atomic E-state index is 12.7. The summed E-state index contributed by atoms with van der Waals surface area (Å²) in [6.07, 6.45) is -1.47. The first-order valence-corrected chi connectivity index (χ1v) is 10.2. The number of benzene rings is 1. The Kier molecular flexibility index (Phi) is 6.95. The van der Waals surface area contributed by atoms with Crippen molar-refractivity contribution < 1.29 is 21.6 Å². The molecule has 1 aromatic rings. The fraction of sp³-hybridized carbons (Fsp3) is 0.579. The average Bonchev–Trinajstić information content (AvgIpc) is 2.61. The number of rotatable bonds is 4. The van der Waals surface area contributed by atoms with Gasteiger partial charge in [-0.2, -0.15) is 17.5 Å². The summed E-state index contributed by atoms with van der Waals surface area (Å²) in [6.45, 7) is 0.697. The van der Waals surface area contributed by atoms with Crippen molar-refractivity contribution in [2.45, 2.75) is 42.8 Å². The minimum absolute atomic E-state index is 0.120. The summed E-state index contributed by atoms with van der Waals surface area (Å²) in [4.78, 5) is 1.87. The van der Waals surface area contributed by atoms with Gasteiger partial charge in [0.25, 0.3) is 0 Å². The lowest BCUT2D eigenvalue weighted by Gasteiger charge is -2.32. The van der Waals surface area contributed by atoms with Crippen molar-refractivity contribution in [3.05, 3.63) is 29.8 Å². The summed E-state index contributed by atoms with van der Waals surface area (Å²) < 4.78 is 64.7. The molecular weight excluding hydrogens is 377 g/mol. The minimum Gasteiger partial charge on any atom is -0.299 e. The van der Waals surface area contributed by atoms with Crippen LogP contribution >= 0.6 is 0 Å². The lowest BCUT2D eigenvalue weighted by Crippen LogP contribution is -2.39. The molecule has 1 aromatic carbocycles. The van der Waals surface area contributed by atoms with Gasteiger partial charge in [0.1, 0.15) is 0 Å². The third-order valence-corrected chi connectivity index (χ3v) is 6.70. The minimum atomic E-state index is -4.49. The fourth-order valence-corrected chi connectivity index (χ4v) is 4.53. The van der Waals surface area contributed by atoms with E-state index in [1.807, 2.05) is 19.0 Å². The molecule has 0 unspecified atom stereocenters. The van der Waals surface area contributed by atoms with Crippen molar-refractivity contribution in [2.75, 3.05) is 27.7 Å². The largest absolute Gasteiger partial charge is 0.416 e. The van der Waals surface area contributed by atoms with E-state index in [0.717, 1.165) is 37.1 Å². The molecule has 0 saturated heterocycles. The second kappa shape index (κ2) is 8.63. The van der Waals surface area contributed by atoms with Crippen molar-refractivity contribution in [2.24, 2.45) is 5.92 Å². The summed E-state index contributed by atoms with van der Waals surface area (Å²) in [5, 5.41) is 0. The van der Waals surface area contributed by atoms with Crippen molar-refractivity contribution in [3.63, 3.8) is 0 Å². The zero-order valence-corrected chi connectivity index (χ0v) is 16.6. The van der Waals surface area contributed by atoms with Crippen LogP contribution in [0.25, 0.3) is 0 Å². The Balaban J connectivity index is 2.02. The topological polar surface area (TPSA) is 40.6 Å². The van der Waals surface area contributed by atoms with Crippen LogP contribution in [0.1, 0.15) is 31.2 Å². The molecule has 150 valence electrons. The molecule has 0 aromatic heterocycles. The summed E-state index contributed by atoms with van der Waals surface area (Å²) >= 11 is 0. The van der Waals surface area contributed by atoms with E-state index in [9.17, 15) is 21.6 Å². The quantitative estimate of drug-likeness (QED) is 0.725. The van der Waals surface area contributed by atoms with Gasteiger partial charge in [-0.1, -0.05) is 11.8 Å². The van der Waals surface area contributed by atoms with Crippen molar-refractivity contribution in [1.29, 1.82) is 0 Å². The van der Waals surface area contributed by atoms with Gasteiger partial charge >= 0.3 is 6.18 Å².